The highest BCUT2D eigenvalue weighted by molar-refractivity contribution is 7.48. The van der Waals surface area contributed by atoms with Gasteiger partial charge in [0.05, 0.1) is 12.7 Å². The van der Waals surface area contributed by atoms with Crippen LogP contribution in [0.2, 0.25) is 0 Å². The van der Waals surface area contributed by atoms with E-state index in [4.69, 9.17) is 13.6 Å². The first-order valence-electron chi connectivity index (χ1n) is 10.5. The van der Waals surface area contributed by atoms with E-state index in [-0.39, 0.29) is 6.10 Å². The molecule has 0 saturated heterocycles. The van der Waals surface area contributed by atoms with E-state index in [1.807, 2.05) is 6.92 Å². The summed E-state index contributed by atoms with van der Waals surface area (Å²) in [5.41, 5.74) is 0. The van der Waals surface area contributed by atoms with Crippen molar-refractivity contribution in [2.24, 2.45) is 11.8 Å². The molecule has 4 nitrogen and oxygen atoms in total. The lowest BCUT2D eigenvalue weighted by molar-refractivity contribution is 0.0552. The lowest BCUT2D eigenvalue weighted by Gasteiger charge is -2.33. The van der Waals surface area contributed by atoms with Crippen molar-refractivity contribution in [3.05, 3.63) is 0 Å². The molecule has 0 aliphatic heterocycles. The first-order chi connectivity index (χ1) is 12.0. The van der Waals surface area contributed by atoms with Crippen LogP contribution in [0.25, 0.3) is 0 Å². The lowest BCUT2D eigenvalue weighted by atomic mass is 9.78. The van der Waals surface area contributed by atoms with E-state index in [9.17, 15) is 4.57 Å². The summed E-state index contributed by atoms with van der Waals surface area (Å²) in [6.07, 6.45) is 14.7. The summed E-state index contributed by atoms with van der Waals surface area (Å²) in [4.78, 5) is 0. The van der Waals surface area contributed by atoms with Gasteiger partial charge >= 0.3 is 7.82 Å². The summed E-state index contributed by atoms with van der Waals surface area (Å²) in [7, 11) is -1.95. The van der Waals surface area contributed by atoms with Crippen LogP contribution in [0, 0.1) is 11.8 Å². The van der Waals surface area contributed by atoms with Crippen molar-refractivity contribution in [3.8, 4) is 0 Å². The predicted octanol–water partition coefficient (Wildman–Crippen LogP) is 7.13. The van der Waals surface area contributed by atoms with Gasteiger partial charge in [-0.1, -0.05) is 65.7 Å². The van der Waals surface area contributed by atoms with Gasteiger partial charge in [-0.05, 0) is 43.9 Å². The Morgan fingerprint density at radius 2 is 1.60 bits per heavy atom. The molecule has 1 unspecified atom stereocenters. The Balaban J connectivity index is 2.22. The highest BCUT2D eigenvalue weighted by Gasteiger charge is 2.33. The van der Waals surface area contributed by atoms with Crippen molar-refractivity contribution in [1.29, 1.82) is 0 Å². The van der Waals surface area contributed by atoms with Crippen molar-refractivity contribution in [3.63, 3.8) is 0 Å². The molecule has 0 aromatic carbocycles. The molecule has 1 rings (SSSR count). The van der Waals surface area contributed by atoms with Gasteiger partial charge in [-0.25, -0.2) is 4.57 Å². The van der Waals surface area contributed by atoms with Gasteiger partial charge in [-0.2, -0.15) is 0 Å². The smallest absolute Gasteiger partial charge is 0.290 e. The minimum Gasteiger partial charge on any atom is -0.290 e. The Bertz CT molecular complexity index is 367. The van der Waals surface area contributed by atoms with E-state index in [0.29, 0.717) is 6.61 Å². The summed E-state index contributed by atoms with van der Waals surface area (Å²) < 4.78 is 28.4. The third-order valence-corrected chi connectivity index (χ3v) is 6.99. The second kappa shape index (κ2) is 13.3. The summed E-state index contributed by atoms with van der Waals surface area (Å²) >= 11 is 0. The van der Waals surface area contributed by atoms with Crippen LogP contribution in [0.1, 0.15) is 97.8 Å². The van der Waals surface area contributed by atoms with Gasteiger partial charge in [-0.3, -0.25) is 13.6 Å². The number of hydrogen-bond donors (Lipinski definition) is 0. The molecule has 150 valence electrons. The number of unbranched alkanes of at least 4 members (excludes halogenated alkanes) is 5. The van der Waals surface area contributed by atoms with Gasteiger partial charge in [0.2, 0.25) is 0 Å². The first kappa shape index (κ1) is 23.1. The van der Waals surface area contributed by atoms with Crippen molar-refractivity contribution >= 4 is 7.82 Å². The van der Waals surface area contributed by atoms with Crippen LogP contribution in [-0.2, 0) is 18.1 Å². The third kappa shape index (κ3) is 9.56. The van der Waals surface area contributed by atoms with Crippen LogP contribution in [-0.4, -0.2) is 19.8 Å². The van der Waals surface area contributed by atoms with Crippen LogP contribution >= 0.6 is 7.82 Å². The maximum absolute atomic E-state index is 12.4. The molecule has 0 amide bonds. The van der Waals surface area contributed by atoms with E-state index in [2.05, 4.69) is 13.8 Å². The highest BCUT2D eigenvalue weighted by atomic mass is 31.2. The molecule has 1 aliphatic carbocycles. The SMILES string of the molecule is CCCCCCCC[C@@H](C)C1CCC(OP(=O)(OC)OCCC)CC1. The number of phosphoric ester groups is 1. The van der Waals surface area contributed by atoms with E-state index in [0.717, 1.165) is 31.1 Å². The number of hydrogen-bond acceptors (Lipinski definition) is 4. The minimum atomic E-state index is -3.36. The van der Waals surface area contributed by atoms with Crippen LogP contribution in [0.5, 0.6) is 0 Å². The Hall–Kier alpha value is 0.110. The molecular weight excluding hydrogens is 335 g/mol. The zero-order valence-corrected chi connectivity index (χ0v) is 17.9. The Morgan fingerprint density at radius 1 is 0.960 bits per heavy atom. The van der Waals surface area contributed by atoms with E-state index < -0.39 is 7.82 Å². The Kier molecular flexibility index (Phi) is 12.3. The lowest BCUT2D eigenvalue weighted by Crippen LogP contribution is -2.25. The molecule has 0 aromatic heterocycles. The van der Waals surface area contributed by atoms with E-state index >= 15 is 0 Å². The maximum atomic E-state index is 12.4. The van der Waals surface area contributed by atoms with Crippen LogP contribution in [0.15, 0.2) is 0 Å². The summed E-state index contributed by atoms with van der Waals surface area (Å²) in [5, 5.41) is 0. The summed E-state index contributed by atoms with van der Waals surface area (Å²) in [5.74, 6) is 1.58. The Labute approximate surface area is 156 Å². The molecule has 0 N–H and O–H groups in total. The van der Waals surface area contributed by atoms with Gasteiger partial charge in [0.15, 0.2) is 0 Å². The number of phosphoric acid groups is 1. The van der Waals surface area contributed by atoms with Gasteiger partial charge < -0.3 is 0 Å². The molecule has 0 spiro atoms. The van der Waals surface area contributed by atoms with Gasteiger partial charge in [0.1, 0.15) is 0 Å². The third-order valence-electron chi connectivity index (χ3n) is 5.49. The second-order valence-electron chi connectivity index (χ2n) is 7.64. The van der Waals surface area contributed by atoms with Crippen LogP contribution in [0.3, 0.4) is 0 Å². The molecular formula is C20H41O4P. The minimum absolute atomic E-state index is 0.0140. The second-order valence-corrected chi connectivity index (χ2v) is 9.37. The van der Waals surface area contributed by atoms with Gasteiger partial charge in [0, 0.05) is 7.11 Å². The number of rotatable bonds is 14. The quantitative estimate of drug-likeness (QED) is 0.239. The monoisotopic (exact) mass is 376 g/mol. The molecule has 1 saturated carbocycles. The first-order valence-corrected chi connectivity index (χ1v) is 12.0. The molecule has 0 radical (unpaired) electrons. The highest BCUT2D eigenvalue weighted by Crippen LogP contribution is 2.52. The topological polar surface area (TPSA) is 44.8 Å². The average molecular weight is 377 g/mol. The average Bonchev–Trinajstić information content (AvgIpc) is 2.63. The zero-order chi connectivity index (χ0) is 18.5. The predicted molar refractivity (Wildman–Crippen MR) is 105 cm³/mol. The standard InChI is InChI=1S/C20H41O4P/c1-5-7-8-9-10-11-12-18(3)19-13-15-20(16-14-19)24-25(21,22-4)23-17-6-2/h18-20H,5-17H2,1-4H3/t18-,19?,20?,25?/m1/s1. The van der Waals surface area contributed by atoms with Crippen molar-refractivity contribution < 1.29 is 18.1 Å². The molecule has 0 bridgehead atoms. The van der Waals surface area contributed by atoms with Crippen molar-refractivity contribution in [2.45, 2.75) is 104 Å². The zero-order valence-electron chi connectivity index (χ0n) is 17.0. The summed E-state index contributed by atoms with van der Waals surface area (Å²) in [6.45, 7) is 7.07. The summed E-state index contributed by atoms with van der Waals surface area (Å²) in [6, 6.07) is 0. The fourth-order valence-electron chi connectivity index (χ4n) is 3.76. The molecule has 25 heavy (non-hydrogen) atoms. The molecule has 5 heteroatoms. The van der Waals surface area contributed by atoms with Crippen molar-refractivity contribution in [2.75, 3.05) is 13.7 Å². The van der Waals surface area contributed by atoms with E-state index in [1.165, 1.54) is 64.9 Å². The fourth-order valence-corrected chi connectivity index (χ4v) is 4.99. The maximum Gasteiger partial charge on any atom is 0.474 e. The fraction of sp³-hybridized carbons (Fsp3) is 1.00. The van der Waals surface area contributed by atoms with Gasteiger partial charge in [-0.15, -0.1) is 0 Å². The molecule has 0 heterocycles. The normalized spacial score (nSPS) is 24.8. The molecule has 1 fully saturated rings. The van der Waals surface area contributed by atoms with Crippen molar-refractivity contribution in [1.82, 2.24) is 0 Å². The molecule has 2 atom stereocenters. The Morgan fingerprint density at radius 3 is 2.20 bits per heavy atom. The van der Waals surface area contributed by atoms with Crippen LogP contribution < -0.4 is 0 Å². The largest absolute Gasteiger partial charge is 0.474 e. The molecule has 1 aliphatic rings. The molecule has 0 aromatic rings. The van der Waals surface area contributed by atoms with Gasteiger partial charge in [0.25, 0.3) is 0 Å². The van der Waals surface area contributed by atoms with Crippen LogP contribution in [0.4, 0.5) is 0 Å². The van der Waals surface area contributed by atoms with E-state index in [1.54, 1.807) is 0 Å².